The fraction of sp³-hybridized carbons (Fsp3) is 0.222. The lowest BCUT2D eigenvalue weighted by Crippen LogP contribution is -2.22. The SMILES string of the molecule is CC(C)n1cc(-c2cnc(N=[NH2+])c(NCc3ccc4nccn4c3)n2)cn1. The molecule has 27 heavy (non-hydrogen) atoms. The van der Waals surface area contributed by atoms with Crippen LogP contribution in [0, 0.1) is 0 Å². The van der Waals surface area contributed by atoms with Gasteiger partial charge in [-0.05, 0) is 25.5 Å². The molecule has 4 rings (SSSR count). The van der Waals surface area contributed by atoms with E-state index >= 15 is 0 Å². The number of rotatable bonds is 6. The number of nitrogens with one attached hydrogen (secondary N) is 1. The Bertz CT molecular complexity index is 1090. The molecule has 0 spiro atoms. The first-order valence-electron chi connectivity index (χ1n) is 8.62. The summed E-state index contributed by atoms with van der Waals surface area (Å²) >= 11 is 0. The number of hydrogen-bond donors (Lipinski definition) is 2. The van der Waals surface area contributed by atoms with Crippen LogP contribution < -0.4 is 10.8 Å². The van der Waals surface area contributed by atoms with Crippen LogP contribution in [0.1, 0.15) is 25.5 Å². The molecule has 0 aliphatic carbocycles. The van der Waals surface area contributed by atoms with Crippen molar-refractivity contribution in [3.8, 4) is 11.3 Å². The highest BCUT2D eigenvalue weighted by molar-refractivity contribution is 5.63. The fourth-order valence-corrected chi connectivity index (χ4v) is 2.74. The minimum Gasteiger partial charge on any atom is -0.363 e. The molecule has 0 amide bonds. The summed E-state index contributed by atoms with van der Waals surface area (Å²) in [5.41, 5.74) is 9.04. The molecule has 9 heteroatoms. The minimum absolute atomic E-state index is 0.278. The average molecular weight is 362 g/mol. The zero-order valence-corrected chi connectivity index (χ0v) is 15.1. The molecule has 0 saturated carbocycles. The van der Waals surface area contributed by atoms with Crippen molar-refractivity contribution in [3.05, 3.63) is 54.9 Å². The lowest BCUT2D eigenvalue weighted by atomic mass is 10.2. The van der Waals surface area contributed by atoms with Crippen molar-refractivity contribution in [2.24, 2.45) is 5.11 Å². The van der Waals surface area contributed by atoms with Crippen molar-refractivity contribution in [3.63, 3.8) is 0 Å². The first-order chi connectivity index (χ1) is 13.1. The zero-order chi connectivity index (χ0) is 18.8. The quantitative estimate of drug-likeness (QED) is 0.510. The second-order valence-electron chi connectivity index (χ2n) is 6.44. The maximum Gasteiger partial charge on any atom is 0.261 e. The van der Waals surface area contributed by atoms with Crippen LogP contribution in [-0.2, 0) is 6.54 Å². The standard InChI is InChI=1S/C18H19N9/c1-12(2)27-11-14(8-23-27)15-9-22-18(25-19)17(24-15)21-7-13-3-4-16-20-5-6-26(16)10-13/h3-6,8-12,19H,7H2,1-2H3,(H,21,24)/p+1. The summed E-state index contributed by atoms with van der Waals surface area (Å²) in [6.45, 7) is 4.70. The van der Waals surface area contributed by atoms with E-state index in [1.165, 1.54) is 0 Å². The molecule has 4 aromatic heterocycles. The van der Waals surface area contributed by atoms with E-state index in [0.717, 1.165) is 16.8 Å². The molecule has 136 valence electrons. The first-order valence-corrected chi connectivity index (χ1v) is 8.62. The Morgan fingerprint density at radius 2 is 2.07 bits per heavy atom. The van der Waals surface area contributed by atoms with Crippen LogP contribution in [0.3, 0.4) is 0 Å². The maximum atomic E-state index is 5.47. The summed E-state index contributed by atoms with van der Waals surface area (Å²) < 4.78 is 3.85. The Balaban J connectivity index is 1.59. The minimum atomic E-state index is 0.278. The van der Waals surface area contributed by atoms with Crippen LogP contribution in [0.5, 0.6) is 0 Å². The Hall–Kier alpha value is -3.62. The predicted molar refractivity (Wildman–Crippen MR) is 100 cm³/mol. The van der Waals surface area contributed by atoms with Gasteiger partial charge in [0.05, 0.1) is 18.1 Å². The van der Waals surface area contributed by atoms with E-state index in [-0.39, 0.29) is 6.04 Å². The molecule has 0 aliphatic rings. The van der Waals surface area contributed by atoms with Crippen LogP contribution in [0.25, 0.3) is 16.9 Å². The van der Waals surface area contributed by atoms with Gasteiger partial charge in [0.15, 0.2) is 5.82 Å². The molecule has 0 saturated heterocycles. The number of fused-ring (bicyclic) bond motifs is 1. The Labute approximate surface area is 155 Å². The van der Waals surface area contributed by atoms with Crippen molar-refractivity contribution in [1.29, 1.82) is 0 Å². The monoisotopic (exact) mass is 362 g/mol. The van der Waals surface area contributed by atoms with E-state index < -0.39 is 0 Å². The van der Waals surface area contributed by atoms with Crippen molar-refractivity contribution < 1.29 is 5.53 Å². The highest BCUT2D eigenvalue weighted by Crippen LogP contribution is 2.25. The van der Waals surface area contributed by atoms with Gasteiger partial charge in [-0.15, -0.1) is 0 Å². The predicted octanol–water partition coefficient (Wildman–Crippen LogP) is 2.02. The van der Waals surface area contributed by atoms with Gasteiger partial charge in [0.2, 0.25) is 0 Å². The Morgan fingerprint density at radius 1 is 1.19 bits per heavy atom. The van der Waals surface area contributed by atoms with Gasteiger partial charge < -0.3 is 9.72 Å². The Kier molecular flexibility index (Phi) is 4.33. The molecule has 9 nitrogen and oxygen atoms in total. The molecule has 3 N–H and O–H groups in total. The highest BCUT2D eigenvalue weighted by Gasteiger charge is 2.12. The molecule has 0 radical (unpaired) electrons. The molecule has 0 atom stereocenters. The topological polar surface area (TPSA) is 111 Å². The van der Waals surface area contributed by atoms with E-state index in [9.17, 15) is 0 Å². The number of imidazole rings is 1. The number of nitrogens with zero attached hydrogens (tertiary/aromatic N) is 7. The molecule has 4 heterocycles. The lowest BCUT2D eigenvalue weighted by Gasteiger charge is -2.08. The van der Waals surface area contributed by atoms with Gasteiger partial charge in [-0.2, -0.15) is 10.6 Å². The molecule has 0 bridgehead atoms. The van der Waals surface area contributed by atoms with Gasteiger partial charge in [-0.25, -0.2) is 15.0 Å². The first kappa shape index (κ1) is 16.8. The maximum absolute atomic E-state index is 5.47. The summed E-state index contributed by atoms with van der Waals surface area (Å²) in [7, 11) is 0. The molecule has 4 aromatic rings. The van der Waals surface area contributed by atoms with Gasteiger partial charge in [0.25, 0.3) is 5.82 Å². The van der Waals surface area contributed by atoms with Crippen molar-refractivity contribution in [2.45, 2.75) is 26.4 Å². The Morgan fingerprint density at radius 3 is 2.85 bits per heavy atom. The van der Waals surface area contributed by atoms with E-state index in [1.807, 2.05) is 39.8 Å². The summed E-state index contributed by atoms with van der Waals surface area (Å²) in [5, 5.41) is 11.3. The third-order valence-electron chi connectivity index (χ3n) is 4.21. The van der Waals surface area contributed by atoms with Crippen LogP contribution in [0.15, 0.2) is 54.4 Å². The fourth-order valence-electron chi connectivity index (χ4n) is 2.74. The summed E-state index contributed by atoms with van der Waals surface area (Å²) in [6.07, 6.45) is 11.1. The largest absolute Gasteiger partial charge is 0.363 e. The number of nitrogens with two attached hydrogens (primary N) is 1. The molecular weight excluding hydrogens is 342 g/mol. The van der Waals surface area contributed by atoms with Crippen molar-refractivity contribution >= 4 is 17.3 Å². The average Bonchev–Trinajstić information content (AvgIpc) is 3.35. The number of anilines is 1. The van der Waals surface area contributed by atoms with Crippen LogP contribution in [-0.4, -0.2) is 29.1 Å². The third kappa shape index (κ3) is 3.39. The van der Waals surface area contributed by atoms with Crippen LogP contribution in [0.4, 0.5) is 11.6 Å². The smallest absolute Gasteiger partial charge is 0.261 e. The molecule has 0 unspecified atom stereocenters. The van der Waals surface area contributed by atoms with Gasteiger partial charge in [0.1, 0.15) is 5.65 Å². The summed E-state index contributed by atoms with van der Waals surface area (Å²) in [4.78, 5) is 13.2. The molecule has 0 fully saturated rings. The van der Waals surface area contributed by atoms with Gasteiger partial charge in [-0.1, -0.05) is 6.07 Å². The van der Waals surface area contributed by atoms with E-state index in [0.29, 0.717) is 23.9 Å². The molecule has 0 aliphatic heterocycles. The van der Waals surface area contributed by atoms with Gasteiger partial charge in [-0.3, -0.25) is 4.68 Å². The number of pyridine rings is 1. The zero-order valence-electron chi connectivity index (χ0n) is 15.1. The van der Waals surface area contributed by atoms with Gasteiger partial charge >= 0.3 is 0 Å². The van der Waals surface area contributed by atoms with Crippen LogP contribution in [0.2, 0.25) is 0 Å². The summed E-state index contributed by atoms with van der Waals surface area (Å²) in [5.74, 6) is 0.886. The van der Waals surface area contributed by atoms with E-state index in [1.54, 1.807) is 18.6 Å². The van der Waals surface area contributed by atoms with E-state index in [4.69, 9.17) is 5.53 Å². The van der Waals surface area contributed by atoms with E-state index in [2.05, 4.69) is 44.3 Å². The molecular formula is C18H20N9+. The molecule has 0 aromatic carbocycles. The second kappa shape index (κ2) is 6.94. The second-order valence-corrected chi connectivity index (χ2v) is 6.44. The highest BCUT2D eigenvalue weighted by atomic mass is 15.3. The van der Waals surface area contributed by atoms with Crippen molar-refractivity contribution in [1.82, 2.24) is 29.1 Å². The van der Waals surface area contributed by atoms with Crippen LogP contribution >= 0.6 is 0 Å². The lowest BCUT2D eigenvalue weighted by molar-refractivity contribution is -0.210. The summed E-state index contributed by atoms with van der Waals surface area (Å²) in [6, 6.07) is 4.26. The number of aromatic nitrogens is 6. The number of hydrogen-bond acceptors (Lipinski definition) is 6. The normalized spacial score (nSPS) is 11.2. The van der Waals surface area contributed by atoms with Crippen molar-refractivity contribution in [2.75, 3.05) is 5.32 Å². The third-order valence-corrected chi connectivity index (χ3v) is 4.21. The van der Waals surface area contributed by atoms with Gasteiger partial charge in [0, 0.05) is 48.1 Å².